The van der Waals surface area contributed by atoms with Crippen LogP contribution < -0.4 is 4.74 Å². The lowest BCUT2D eigenvalue weighted by atomic mass is 10.2. The van der Waals surface area contributed by atoms with E-state index in [1.165, 1.54) is 5.56 Å². The molecule has 0 saturated heterocycles. The third-order valence-corrected chi connectivity index (χ3v) is 2.11. The zero-order valence-electron chi connectivity index (χ0n) is 10.5. The zero-order chi connectivity index (χ0) is 12.7. The van der Waals surface area contributed by atoms with Gasteiger partial charge in [-0.15, -0.1) is 0 Å². The Hall–Kier alpha value is -1.96. The maximum absolute atomic E-state index is 9.50. The number of aromatic hydroxyl groups is 1. The molecule has 0 heterocycles. The number of phenols is 1. The van der Waals surface area contributed by atoms with Gasteiger partial charge in [0, 0.05) is 0 Å². The van der Waals surface area contributed by atoms with Gasteiger partial charge in [0.15, 0.2) is 11.5 Å². The summed E-state index contributed by atoms with van der Waals surface area (Å²) in [6, 6.07) is 14.6. The van der Waals surface area contributed by atoms with Crippen LogP contribution in [0.15, 0.2) is 48.5 Å². The van der Waals surface area contributed by atoms with E-state index in [1.807, 2.05) is 51.1 Å². The van der Waals surface area contributed by atoms with Crippen LogP contribution >= 0.6 is 0 Å². The molecule has 0 aliphatic rings. The van der Waals surface area contributed by atoms with Gasteiger partial charge < -0.3 is 9.84 Å². The molecule has 2 aromatic carbocycles. The molecule has 0 amide bonds. The lowest BCUT2D eigenvalue weighted by Gasteiger charge is -2.06. The summed E-state index contributed by atoms with van der Waals surface area (Å²) in [7, 11) is 0. The van der Waals surface area contributed by atoms with E-state index in [9.17, 15) is 5.11 Å². The first kappa shape index (κ1) is 13.1. The summed E-state index contributed by atoms with van der Waals surface area (Å²) in [4.78, 5) is 0. The van der Waals surface area contributed by atoms with Crippen molar-refractivity contribution >= 4 is 0 Å². The largest absolute Gasteiger partial charge is 0.504 e. The highest BCUT2D eigenvalue weighted by atomic mass is 16.5. The molecule has 0 aliphatic heterocycles. The maximum Gasteiger partial charge on any atom is 0.169 e. The standard InChI is InChI=1S/C13H12O2.C2H6/c1-10-6-8-11(9-7-10)15-13-5-3-2-4-12(13)14;1-2/h2-9,14H,1H3;1-2H3. The summed E-state index contributed by atoms with van der Waals surface area (Å²) in [6.07, 6.45) is 0. The minimum atomic E-state index is 0.151. The molecule has 90 valence electrons. The summed E-state index contributed by atoms with van der Waals surface area (Å²) in [5, 5.41) is 9.50. The van der Waals surface area contributed by atoms with E-state index in [2.05, 4.69) is 0 Å². The lowest BCUT2D eigenvalue weighted by Crippen LogP contribution is -1.84. The normalized spacial score (nSPS) is 9.12. The Balaban J connectivity index is 0.000000686. The molecular formula is C15H18O2. The minimum absolute atomic E-state index is 0.151. The fourth-order valence-electron chi connectivity index (χ4n) is 1.28. The van der Waals surface area contributed by atoms with E-state index in [0.717, 1.165) is 5.75 Å². The van der Waals surface area contributed by atoms with Crippen molar-refractivity contribution in [1.82, 2.24) is 0 Å². The number of rotatable bonds is 2. The predicted molar refractivity (Wildman–Crippen MR) is 70.7 cm³/mol. The molecule has 0 bridgehead atoms. The summed E-state index contributed by atoms with van der Waals surface area (Å²) in [5.41, 5.74) is 1.18. The van der Waals surface area contributed by atoms with Gasteiger partial charge >= 0.3 is 0 Å². The summed E-state index contributed by atoms with van der Waals surface area (Å²) in [6.45, 7) is 6.02. The molecule has 0 saturated carbocycles. The number of para-hydroxylation sites is 2. The highest BCUT2D eigenvalue weighted by molar-refractivity contribution is 5.41. The van der Waals surface area contributed by atoms with Crippen molar-refractivity contribution in [1.29, 1.82) is 0 Å². The van der Waals surface area contributed by atoms with Crippen molar-refractivity contribution in [2.75, 3.05) is 0 Å². The van der Waals surface area contributed by atoms with Gasteiger partial charge in [-0.05, 0) is 31.2 Å². The van der Waals surface area contributed by atoms with E-state index in [1.54, 1.807) is 18.2 Å². The van der Waals surface area contributed by atoms with Gasteiger partial charge in [-0.1, -0.05) is 43.7 Å². The van der Waals surface area contributed by atoms with Crippen molar-refractivity contribution in [3.63, 3.8) is 0 Å². The van der Waals surface area contributed by atoms with Crippen LogP contribution in [0, 0.1) is 6.92 Å². The molecule has 2 rings (SSSR count). The first-order chi connectivity index (χ1) is 8.25. The molecule has 0 aromatic heterocycles. The first-order valence-electron chi connectivity index (χ1n) is 5.78. The van der Waals surface area contributed by atoms with Crippen LogP contribution in [0.3, 0.4) is 0 Å². The second kappa shape index (κ2) is 6.59. The molecule has 0 fully saturated rings. The van der Waals surface area contributed by atoms with Gasteiger partial charge in [-0.25, -0.2) is 0 Å². The highest BCUT2D eigenvalue weighted by Gasteiger charge is 2.01. The monoisotopic (exact) mass is 230 g/mol. The Bertz CT molecular complexity index is 447. The Kier molecular flexibility index (Phi) is 5.08. The predicted octanol–water partition coefficient (Wildman–Crippen LogP) is 4.52. The van der Waals surface area contributed by atoms with Gasteiger partial charge in [0.25, 0.3) is 0 Å². The van der Waals surface area contributed by atoms with Crippen LogP contribution in [-0.2, 0) is 0 Å². The summed E-state index contributed by atoms with van der Waals surface area (Å²) >= 11 is 0. The minimum Gasteiger partial charge on any atom is -0.504 e. The zero-order valence-corrected chi connectivity index (χ0v) is 10.5. The lowest BCUT2D eigenvalue weighted by molar-refractivity contribution is 0.411. The molecule has 2 heteroatoms. The second-order valence-corrected chi connectivity index (χ2v) is 3.38. The Morgan fingerprint density at radius 3 is 2.06 bits per heavy atom. The van der Waals surface area contributed by atoms with Gasteiger partial charge in [-0.2, -0.15) is 0 Å². The number of aryl methyl sites for hydroxylation is 1. The van der Waals surface area contributed by atoms with Crippen molar-refractivity contribution in [3.05, 3.63) is 54.1 Å². The van der Waals surface area contributed by atoms with Crippen LogP contribution in [0.2, 0.25) is 0 Å². The quantitative estimate of drug-likeness (QED) is 0.822. The van der Waals surface area contributed by atoms with Crippen molar-refractivity contribution in [3.8, 4) is 17.2 Å². The molecule has 2 aromatic rings. The third kappa shape index (κ3) is 3.83. The number of phenolic OH excluding ortho intramolecular Hbond substituents is 1. The Morgan fingerprint density at radius 1 is 0.882 bits per heavy atom. The molecule has 2 nitrogen and oxygen atoms in total. The SMILES string of the molecule is CC.Cc1ccc(Oc2ccccc2O)cc1. The molecule has 0 unspecified atom stereocenters. The molecule has 0 spiro atoms. The van der Waals surface area contributed by atoms with E-state index in [0.29, 0.717) is 5.75 Å². The molecule has 0 aliphatic carbocycles. The average molecular weight is 230 g/mol. The first-order valence-corrected chi connectivity index (χ1v) is 5.78. The second-order valence-electron chi connectivity index (χ2n) is 3.38. The smallest absolute Gasteiger partial charge is 0.169 e. The van der Waals surface area contributed by atoms with Gasteiger partial charge in [0.2, 0.25) is 0 Å². The van der Waals surface area contributed by atoms with Crippen LogP contribution in [0.4, 0.5) is 0 Å². The molecular weight excluding hydrogens is 212 g/mol. The van der Waals surface area contributed by atoms with Gasteiger partial charge in [-0.3, -0.25) is 0 Å². The Labute approximate surface area is 102 Å². The van der Waals surface area contributed by atoms with E-state index in [4.69, 9.17) is 4.74 Å². The number of hydrogen-bond donors (Lipinski definition) is 1. The van der Waals surface area contributed by atoms with Crippen molar-refractivity contribution in [2.45, 2.75) is 20.8 Å². The molecule has 17 heavy (non-hydrogen) atoms. The average Bonchev–Trinajstić information content (AvgIpc) is 2.37. The topological polar surface area (TPSA) is 29.5 Å². The van der Waals surface area contributed by atoms with Crippen LogP contribution in [0.1, 0.15) is 19.4 Å². The molecule has 0 atom stereocenters. The number of hydrogen-bond acceptors (Lipinski definition) is 2. The van der Waals surface area contributed by atoms with Crippen molar-refractivity contribution < 1.29 is 9.84 Å². The molecule has 1 N–H and O–H groups in total. The number of ether oxygens (including phenoxy) is 1. The third-order valence-electron chi connectivity index (χ3n) is 2.11. The van der Waals surface area contributed by atoms with Crippen LogP contribution in [-0.4, -0.2) is 5.11 Å². The van der Waals surface area contributed by atoms with Crippen LogP contribution in [0.5, 0.6) is 17.2 Å². The van der Waals surface area contributed by atoms with Gasteiger partial charge in [0.05, 0.1) is 0 Å². The fourth-order valence-corrected chi connectivity index (χ4v) is 1.28. The summed E-state index contributed by atoms with van der Waals surface area (Å²) < 4.78 is 5.51. The fraction of sp³-hybridized carbons (Fsp3) is 0.200. The van der Waals surface area contributed by atoms with Crippen LogP contribution in [0.25, 0.3) is 0 Å². The highest BCUT2D eigenvalue weighted by Crippen LogP contribution is 2.29. The number of benzene rings is 2. The van der Waals surface area contributed by atoms with Crippen molar-refractivity contribution in [2.24, 2.45) is 0 Å². The van der Waals surface area contributed by atoms with E-state index in [-0.39, 0.29) is 5.75 Å². The summed E-state index contributed by atoms with van der Waals surface area (Å²) in [5.74, 6) is 1.35. The van der Waals surface area contributed by atoms with Gasteiger partial charge in [0.1, 0.15) is 5.75 Å². The Morgan fingerprint density at radius 2 is 1.47 bits per heavy atom. The molecule has 0 radical (unpaired) electrons. The maximum atomic E-state index is 9.50. The van der Waals surface area contributed by atoms with E-state index >= 15 is 0 Å². The van der Waals surface area contributed by atoms with E-state index < -0.39 is 0 Å².